The van der Waals surface area contributed by atoms with Crippen molar-refractivity contribution in [2.24, 2.45) is 0 Å². The van der Waals surface area contributed by atoms with Crippen LogP contribution >= 0.6 is 0 Å². The second-order valence-electron chi connectivity index (χ2n) is 4.07. The van der Waals surface area contributed by atoms with Crippen molar-refractivity contribution < 1.29 is 9.72 Å². The van der Waals surface area contributed by atoms with Gasteiger partial charge in [-0.15, -0.1) is 0 Å². The molecule has 0 saturated carbocycles. The minimum Gasteiger partial charge on any atom is -0.393 e. The first-order valence-electron chi connectivity index (χ1n) is 5.73. The Bertz CT molecular complexity index is 658. The average Bonchev–Trinajstić information content (AvgIpc) is 2.46. The van der Waals surface area contributed by atoms with Gasteiger partial charge >= 0.3 is 0 Å². The summed E-state index contributed by atoms with van der Waals surface area (Å²) >= 11 is 0. The molecule has 0 unspecified atom stereocenters. The Kier molecular flexibility index (Phi) is 3.60. The van der Waals surface area contributed by atoms with E-state index in [0.717, 1.165) is 0 Å². The molecule has 1 aromatic carbocycles. The van der Waals surface area contributed by atoms with Gasteiger partial charge in [0, 0.05) is 19.3 Å². The normalized spacial score (nSPS) is 10.1. The molecule has 2 aromatic rings. The highest BCUT2D eigenvalue weighted by Crippen LogP contribution is 2.26. The predicted octanol–water partition coefficient (Wildman–Crippen LogP) is 1.85. The first-order valence-corrected chi connectivity index (χ1v) is 5.73. The quantitative estimate of drug-likeness (QED) is 0.521. The lowest BCUT2D eigenvalue weighted by Crippen LogP contribution is -2.27. The number of nitrogens with two attached hydrogens (primary N) is 1. The second kappa shape index (κ2) is 5.35. The van der Waals surface area contributed by atoms with Crippen molar-refractivity contribution in [1.29, 1.82) is 0 Å². The smallest absolute Gasteiger partial charge is 0.292 e. The standard InChI is InChI=1S/C13H12N4O3/c1-16(9-4-3-7-15-8-9)13(18)10-5-2-6-11(12(10)14)17(19)20/h2-8H,14H2,1H3. The predicted molar refractivity (Wildman–Crippen MR) is 74.5 cm³/mol. The molecule has 1 aromatic heterocycles. The first-order chi connectivity index (χ1) is 9.52. The van der Waals surface area contributed by atoms with Crippen LogP contribution in [0.1, 0.15) is 10.4 Å². The van der Waals surface area contributed by atoms with Crippen molar-refractivity contribution in [3.63, 3.8) is 0 Å². The molecule has 1 heterocycles. The van der Waals surface area contributed by atoms with Gasteiger partial charge in [0.1, 0.15) is 5.69 Å². The van der Waals surface area contributed by atoms with Crippen LogP contribution in [0, 0.1) is 10.1 Å². The SMILES string of the molecule is CN(C(=O)c1cccc([N+](=O)[O-])c1N)c1cccnc1. The van der Waals surface area contributed by atoms with Crippen molar-refractivity contribution in [1.82, 2.24) is 4.98 Å². The summed E-state index contributed by atoms with van der Waals surface area (Å²) in [4.78, 5) is 27.8. The molecule has 0 aliphatic carbocycles. The number of benzene rings is 1. The average molecular weight is 272 g/mol. The maximum Gasteiger partial charge on any atom is 0.292 e. The third-order valence-electron chi connectivity index (χ3n) is 2.85. The number of para-hydroxylation sites is 1. The Hall–Kier alpha value is -2.96. The second-order valence-corrected chi connectivity index (χ2v) is 4.07. The van der Waals surface area contributed by atoms with E-state index in [2.05, 4.69) is 4.98 Å². The fraction of sp³-hybridized carbons (Fsp3) is 0.0769. The van der Waals surface area contributed by atoms with E-state index in [1.807, 2.05) is 0 Å². The molecule has 2 rings (SSSR count). The summed E-state index contributed by atoms with van der Waals surface area (Å²) in [6.07, 6.45) is 3.11. The third kappa shape index (κ3) is 2.41. The van der Waals surface area contributed by atoms with Crippen LogP contribution in [-0.2, 0) is 0 Å². The van der Waals surface area contributed by atoms with Crippen LogP contribution in [0.4, 0.5) is 17.1 Å². The van der Waals surface area contributed by atoms with Crippen molar-refractivity contribution >= 4 is 23.0 Å². The number of carbonyl (C=O) groups is 1. The number of nitro benzene ring substituents is 1. The van der Waals surface area contributed by atoms with E-state index in [9.17, 15) is 14.9 Å². The Morgan fingerprint density at radius 3 is 2.70 bits per heavy atom. The summed E-state index contributed by atoms with van der Waals surface area (Å²) < 4.78 is 0. The largest absolute Gasteiger partial charge is 0.393 e. The lowest BCUT2D eigenvalue weighted by atomic mass is 10.1. The van der Waals surface area contributed by atoms with Gasteiger partial charge in [0.05, 0.1) is 22.4 Å². The molecule has 7 nitrogen and oxygen atoms in total. The van der Waals surface area contributed by atoms with E-state index < -0.39 is 10.8 Å². The molecule has 2 N–H and O–H groups in total. The number of aromatic nitrogens is 1. The van der Waals surface area contributed by atoms with Crippen LogP contribution in [-0.4, -0.2) is 22.9 Å². The van der Waals surface area contributed by atoms with Crippen LogP contribution in [0.15, 0.2) is 42.7 Å². The third-order valence-corrected chi connectivity index (χ3v) is 2.85. The molecule has 20 heavy (non-hydrogen) atoms. The van der Waals surface area contributed by atoms with Crippen molar-refractivity contribution in [3.8, 4) is 0 Å². The van der Waals surface area contributed by atoms with Gasteiger partial charge < -0.3 is 10.6 Å². The molecule has 0 spiro atoms. The summed E-state index contributed by atoms with van der Waals surface area (Å²) in [5.74, 6) is -0.431. The number of anilines is 2. The van der Waals surface area contributed by atoms with Crippen LogP contribution in [0.2, 0.25) is 0 Å². The lowest BCUT2D eigenvalue weighted by Gasteiger charge is -2.17. The van der Waals surface area contributed by atoms with E-state index in [4.69, 9.17) is 5.73 Å². The fourth-order valence-corrected chi connectivity index (χ4v) is 1.75. The molecule has 0 fully saturated rings. The van der Waals surface area contributed by atoms with Crippen LogP contribution < -0.4 is 10.6 Å². The fourth-order valence-electron chi connectivity index (χ4n) is 1.75. The van der Waals surface area contributed by atoms with Crippen LogP contribution in [0.25, 0.3) is 0 Å². The first kappa shape index (κ1) is 13.5. The summed E-state index contributed by atoms with van der Waals surface area (Å²) in [6.45, 7) is 0. The number of nitro groups is 1. The minimum atomic E-state index is -0.615. The van der Waals surface area contributed by atoms with E-state index in [0.29, 0.717) is 5.69 Å². The molecule has 1 amide bonds. The van der Waals surface area contributed by atoms with Gasteiger partial charge in [-0.1, -0.05) is 6.07 Å². The monoisotopic (exact) mass is 272 g/mol. The zero-order valence-electron chi connectivity index (χ0n) is 10.7. The number of carbonyl (C=O) groups excluding carboxylic acids is 1. The number of nitrogens with zero attached hydrogens (tertiary/aromatic N) is 3. The molecule has 7 heteroatoms. The van der Waals surface area contributed by atoms with Gasteiger partial charge in [0.2, 0.25) is 0 Å². The summed E-state index contributed by atoms with van der Waals surface area (Å²) in [7, 11) is 1.55. The molecule has 0 bridgehead atoms. The Morgan fingerprint density at radius 1 is 1.35 bits per heavy atom. The Labute approximate surface area is 114 Å². The summed E-state index contributed by atoms with van der Waals surface area (Å²) in [5, 5.41) is 10.8. The Morgan fingerprint density at radius 2 is 2.10 bits per heavy atom. The number of nitrogen functional groups attached to an aromatic ring is 1. The molecular formula is C13H12N4O3. The lowest BCUT2D eigenvalue weighted by molar-refractivity contribution is -0.383. The highest BCUT2D eigenvalue weighted by molar-refractivity contribution is 6.10. The van der Waals surface area contributed by atoms with Crippen molar-refractivity contribution in [2.45, 2.75) is 0 Å². The van der Waals surface area contributed by atoms with Crippen LogP contribution in [0.3, 0.4) is 0 Å². The minimum absolute atomic E-state index is 0.0885. The van der Waals surface area contributed by atoms with Crippen molar-refractivity contribution in [2.75, 3.05) is 17.7 Å². The van der Waals surface area contributed by atoms with E-state index in [1.54, 1.807) is 25.4 Å². The highest BCUT2D eigenvalue weighted by atomic mass is 16.6. The summed E-state index contributed by atoms with van der Waals surface area (Å²) in [5.41, 5.74) is 5.93. The number of hydrogen-bond acceptors (Lipinski definition) is 5. The number of amides is 1. The maximum atomic E-state index is 12.3. The van der Waals surface area contributed by atoms with E-state index in [-0.39, 0.29) is 16.9 Å². The number of rotatable bonds is 3. The highest BCUT2D eigenvalue weighted by Gasteiger charge is 2.22. The summed E-state index contributed by atoms with van der Waals surface area (Å²) in [6, 6.07) is 7.54. The van der Waals surface area contributed by atoms with Gasteiger partial charge in [-0.2, -0.15) is 0 Å². The van der Waals surface area contributed by atoms with Gasteiger partial charge in [0.15, 0.2) is 0 Å². The van der Waals surface area contributed by atoms with Gasteiger partial charge in [-0.3, -0.25) is 19.9 Å². The molecule has 0 saturated heterocycles. The zero-order valence-corrected chi connectivity index (χ0v) is 10.7. The molecule has 0 aliphatic rings. The van der Waals surface area contributed by atoms with Gasteiger partial charge in [0.25, 0.3) is 11.6 Å². The van der Waals surface area contributed by atoms with E-state index in [1.165, 1.54) is 29.3 Å². The molecule has 0 atom stereocenters. The molecule has 0 aliphatic heterocycles. The molecule has 102 valence electrons. The van der Waals surface area contributed by atoms with Crippen LogP contribution in [0.5, 0.6) is 0 Å². The van der Waals surface area contributed by atoms with E-state index >= 15 is 0 Å². The van der Waals surface area contributed by atoms with Crippen molar-refractivity contribution in [3.05, 3.63) is 58.4 Å². The zero-order chi connectivity index (χ0) is 14.7. The molecular weight excluding hydrogens is 260 g/mol. The number of pyridine rings is 1. The maximum absolute atomic E-state index is 12.3. The topological polar surface area (TPSA) is 102 Å². The van der Waals surface area contributed by atoms with Gasteiger partial charge in [-0.25, -0.2) is 0 Å². The molecule has 0 radical (unpaired) electrons. The Balaban J connectivity index is 2.40. The van der Waals surface area contributed by atoms with Gasteiger partial charge in [-0.05, 0) is 18.2 Å². The number of hydrogen-bond donors (Lipinski definition) is 1.